The van der Waals surface area contributed by atoms with Crippen LogP contribution in [-0.4, -0.2) is 121 Å². The first-order chi connectivity index (χ1) is 30.0. The number of aliphatic hydroxyl groups is 3. The van der Waals surface area contributed by atoms with Gasteiger partial charge in [0.15, 0.2) is 17.5 Å². The summed E-state index contributed by atoms with van der Waals surface area (Å²) in [5.41, 5.74) is 0.585. The number of aromatic hydroxyl groups is 3. The lowest BCUT2D eigenvalue weighted by molar-refractivity contribution is -0.156. The molecule has 0 radical (unpaired) electrons. The monoisotopic (exact) mass is 889 g/mol. The van der Waals surface area contributed by atoms with Crippen LogP contribution in [0.2, 0.25) is 0 Å². The zero-order valence-electron chi connectivity index (χ0n) is 37.1. The van der Waals surface area contributed by atoms with Crippen molar-refractivity contribution in [3.63, 3.8) is 0 Å². The number of phenols is 3. The summed E-state index contributed by atoms with van der Waals surface area (Å²) in [7, 11) is 0. The van der Waals surface area contributed by atoms with Crippen molar-refractivity contribution in [2.45, 2.75) is 73.7 Å². The molecule has 6 N–H and O–H groups in total. The van der Waals surface area contributed by atoms with Crippen LogP contribution in [0.15, 0.2) is 60.7 Å². The van der Waals surface area contributed by atoms with Gasteiger partial charge in [-0.1, -0.05) is 13.2 Å². The summed E-state index contributed by atoms with van der Waals surface area (Å²) in [6.45, 7) is 17.8. The molecule has 3 aromatic carbocycles. The highest BCUT2D eigenvalue weighted by molar-refractivity contribution is 5.87. The number of carbonyl (C=O) groups excluding carboxylic acids is 3. The molecule has 18 nitrogen and oxygen atoms in total. The second-order valence-corrected chi connectivity index (χ2v) is 16.1. The van der Waals surface area contributed by atoms with Crippen LogP contribution in [0, 0.1) is 26.2 Å². The Morgan fingerprint density at radius 2 is 0.812 bits per heavy atom. The summed E-state index contributed by atoms with van der Waals surface area (Å²) in [6, 6.07) is 8.92. The molecular formula is C46H55N3O15. The number of hydrogen-bond acceptors (Lipinski definition) is 18. The number of aliphatic hydroxyl groups excluding tert-OH is 3. The van der Waals surface area contributed by atoms with E-state index in [1.807, 2.05) is 0 Å². The van der Waals surface area contributed by atoms with Gasteiger partial charge < -0.3 is 59.1 Å². The molecule has 0 bridgehead atoms. The minimum absolute atomic E-state index is 0.0871. The van der Waals surface area contributed by atoms with E-state index in [2.05, 4.69) is 28.1 Å². The maximum Gasteiger partial charge on any atom is 0.333 e. The van der Waals surface area contributed by atoms with Crippen molar-refractivity contribution in [1.82, 2.24) is 15.0 Å². The Kier molecular flexibility index (Phi) is 16.8. The average molecular weight is 890 g/mol. The van der Waals surface area contributed by atoms with Gasteiger partial charge in [-0.15, -0.1) is 0 Å². The van der Waals surface area contributed by atoms with Gasteiger partial charge in [-0.05, 0) is 91.8 Å². The van der Waals surface area contributed by atoms with E-state index in [0.717, 1.165) is 0 Å². The minimum Gasteiger partial charge on any atom is -0.507 e. The van der Waals surface area contributed by atoms with Gasteiger partial charge in [0, 0.05) is 27.8 Å². The Labute approximate surface area is 370 Å². The van der Waals surface area contributed by atoms with Crippen molar-refractivity contribution >= 4 is 17.9 Å². The fraction of sp³-hybridized carbons (Fsp3) is 0.391. The predicted octanol–water partition coefficient (Wildman–Crippen LogP) is 4.96. The number of esters is 3. The molecule has 64 heavy (non-hydrogen) atoms. The highest BCUT2D eigenvalue weighted by Gasteiger charge is 2.26. The number of rotatable bonds is 20. The van der Waals surface area contributed by atoms with Gasteiger partial charge in [-0.25, -0.2) is 24.5 Å². The van der Waals surface area contributed by atoms with Crippen LogP contribution in [-0.2, 0) is 28.6 Å². The molecule has 4 rings (SSSR count). The molecule has 0 aliphatic rings. The van der Waals surface area contributed by atoms with Gasteiger partial charge in [0.25, 0.3) is 0 Å². The van der Waals surface area contributed by atoms with E-state index < -0.39 is 41.6 Å². The standard InChI is InChI=1S/C46H55N3O15/c1-23(2)43(56)62-20-28(50)17-59-34-14-11-31(37(53)25(34)5)40-47-41(32-12-15-35(26(6)38(32)54)60-18-29(51)21-63-44(57)24(3)4)49-42(48-40)33-13-16-36(27(7)39(33)55)61-19-30(52)22-64-45(58)46(8,9)10/h11-16,28-30,50-55H,1,3,17-22H2,2,4-10H3. The van der Waals surface area contributed by atoms with Crippen molar-refractivity contribution in [3.8, 4) is 68.7 Å². The number of nitrogens with zero attached hydrogens (tertiary/aromatic N) is 3. The van der Waals surface area contributed by atoms with E-state index in [0.29, 0.717) is 0 Å². The lowest BCUT2D eigenvalue weighted by Crippen LogP contribution is -2.30. The van der Waals surface area contributed by atoms with E-state index in [1.54, 1.807) is 41.5 Å². The van der Waals surface area contributed by atoms with Crippen LogP contribution in [0.5, 0.6) is 34.5 Å². The van der Waals surface area contributed by atoms with E-state index in [4.69, 9.17) is 28.4 Å². The average Bonchev–Trinajstić information content (AvgIpc) is 3.24. The van der Waals surface area contributed by atoms with Gasteiger partial charge in [-0.3, -0.25) is 4.79 Å². The third kappa shape index (κ3) is 12.9. The molecule has 0 aliphatic heterocycles. The van der Waals surface area contributed by atoms with Crippen molar-refractivity contribution in [2.75, 3.05) is 39.6 Å². The number of hydrogen-bond donors (Lipinski definition) is 6. The summed E-state index contributed by atoms with van der Waals surface area (Å²) in [5, 5.41) is 65.5. The van der Waals surface area contributed by atoms with E-state index in [-0.39, 0.29) is 136 Å². The van der Waals surface area contributed by atoms with E-state index in [1.165, 1.54) is 50.2 Å². The van der Waals surface area contributed by atoms with Crippen LogP contribution in [0.4, 0.5) is 0 Å². The van der Waals surface area contributed by atoms with Gasteiger partial charge >= 0.3 is 17.9 Å². The van der Waals surface area contributed by atoms with E-state index in [9.17, 15) is 45.0 Å². The molecule has 0 aliphatic carbocycles. The van der Waals surface area contributed by atoms with Crippen molar-refractivity contribution in [2.24, 2.45) is 5.41 Å². The fourth-order valence-electron chi connectivity index (χ4n) is 5.47. The van der Waals surface area contributed by atoms with Gasteiger partial charge in [0.1, 0.15) is 92.5 Å². The summed E-state index contributed by atoms with van der Waals surface area (Å²) in [4.78, 5) is 49.4. The maximum atomic E-state index is 12.1. The molecule has 0 saturated heterocycles. The lowest BCUT2D eigenvalue weighted by Gasteiger charge is -2.19. The molecule has 0 spiro atoms. The SMILES string of the molecule is C=C(C)C(=O)OCC(O)COc1ccc(-c2nc(-c3ccc(OCC(O)COC(=O)C(=C)C)c(C)c3O)nc(-c3ccc(OCC(O)COC(=O)C(C)(C)C)c(C)c3O)n2)c(O)c1C. The molecular weight excluding hydrogens is 835 g/mol. The van der Waals surface area contributed by atoms with Gasteiger partial charge in [0.2, 0.25) is 0 Å². The van der Waals surface area contributed by atoms with Crippen molar-refractivity contribution in [1.29, 1.82) is 0 Å². The third-order valence-electron chi connectivity index (χ3n) is 9.33. The van der Waals surface area contributed by atoms with Gasteiger partial charge in [-0.2, -0.15) is 0 Å². The minimum atomic E-state index is -1.20. The fourth-order valence-corrected chi connectivity index (χ4v) is 5.47. The van der Waals surface area contributed by atoms with Crippen LogP contribution in [0.3, 0.4) is 0 Å². The van der Waals surface area contributed by atoms with Gasteiger partial charge in [0.05, 0.1) is 22.1 Å². The van der Waals surface area contributed by atoms with Crippen LogP contribution >= 0.6 is 0 Å². The third-order valence-corrected chi connectivity index (χ3v) is 9.33. The van der Waals surface area contributed by atoms with Crippen LogP contribution in [0.1, 0.15) is 51.3 Å². The quantitative estimate of drug-likeness (QED) is 0.0389. The molecule has 3 unspecified atom stereocenters. The summed E-state index contributed by atoms with van der Waals surface area (Å²) in [6.07, 6.45) is -3.56. The number of aromatic nitrogens is 3. The Hall–Kier alpha value is -6.76. The topological polar surface area (TPSA) is 267 Å². The second-order valence-electron chi connectivity index (χ2n) is 16.1. The Morgan fingerprint density at radius 1 is 0.531 bits per heavy atom. The Balaban J connectivity index is 1.70. The normalized spacial score (nSPS) is 12.7. The first kappa shape index (κ1) is 49.9. The summed E-state index contributed by atoms with van der Waals surface area (Å²) < 4.78 is 32.3. The number of carbonyl (C=O) groups is 3. The summed E-state index contributed by atoms with van der Waals surface area (Å²) in [5.74, 6) is -2.45. The summed E-state index contributed by atoms with van der Waals surface area (Å²) >= 11 is 0. The molecule has 1 heterocycles. The predicted molar refractivity (Wildman–Crippen MR) is 232 cm³/mol. The van der Waals surface area contributed by atoms with Crippen molar-refractivity contribution in [3.05, 3.63) is 77.4 Å². The Morgan fingerprint density at radius 3 is 1.08 bits per heavy atom. The molecule has 18 heteroatoms. The first-order valence-electron chi connectivity index (χ1n) is 20.0. The number of benzene rings is 3. The highest BCUT2D eigenvalue weighted by Crippen LogP contribution is 2.42. The Bertz CT molecular complexity index is 2280. The smallest absolute Gasteiger partial charge is 0.333 e. The zero-order valence-corrected chi connectivity index (χ0v) is 37.1. The molecule has 0 amide bonds. The molecule has 0 saturated carbocycles. The molecule has 3 atom stereocenters. The number of phenolic OH excluding ortho intramolecular Hbond substituents is 3. The molecule has 0 fully saturated rings. The van der Waals surface area contributed by atoms with Crippen LogP contribution < -0.4 is 14.2 Å². The molecule has 1 aromatic heterocycles. The first-order valence-corrected chi connectivity index (χ1v) is 20.0. The second kappa shape index (κ2) is 21.5. The van der Waals surface area contributed by atoms with Crippen molar-refractivity contribution < 1.29 is 73.4 Å². The molecule has 344 valence electrons. The number of ether oxygens (including phenoxy) is 6. The van der Waals surface area contributed by atoms with E-state index >= 15 is 0 Å². The zero-order chi connectivity index (χ0) is 47.6. The largest absolute Gasteiger partial charge is 0.507 e. The van der Waals surface area contributed by atoms with Crippen LogP contribution in [0.25, 0.3) is 34.2 Å². The molecule has 4 aromatic rings. The highest BCUT2D eigenvalue weighted by atomic mass is 16.6. The maximum absolute atomic E-state index is 12.1. The lowest BCUT2D eigenvalue weighted by atomic mass is 9.97.